The zero-order valence-electron chi connectivity index (χ0n) is 13.4. The SMILES string of the molecule is CC(C)CC1(CNC2CC(=O)N(C3CC3)C2=O)CCCC1. The minimum Gasteiger partial charge on any atom is -0.305 e. The molecule has 0 aromatic heterocycles. The lowest BCUT2D eigenvalue weighted by atomic mass is 9.78. The average molecular weight is 292 g/mol. The maximum Gasteiger partial charge on any atom is 0.247 e. The van der Waals surface area contributed by atoms with E-state index < -0.39 is 0 Å². The summed E-state index contributed by atoms with van der Waals surface area (Å²) < 4.78 is 0. The van der Waals surface area contributed by atoms with E-state index in [1.54, 1.807) is 0 Å². The van der Waals surface area contributed by atoms with Gasteiger partial charge in [-0.15, -0.1) is 0 Å². The molecule has 2 saturated carbocycles. The zero-order chi connectivity index (χ0) is 15.0. The molecule has 4 nitrogen and oxygen atoms in total. The van der Waals surface area contributed by atoms with E-state index in [1.165, 1.54) is 37.0 Å². The third-order valence-electron chi connectivity index (χ3n) is 5.32. The topological polar surface area (TPSA) is 49.4 Å². The van der Waals surface area contributed by atoms with Gasteiger partial charge in [-0.2, -0.15) is 0 Å². The number of imide groups is 1. The molecule has 4 heteroatoms. The number of nitrogens with one attached hydrogen (secondary N) is 1. The lowest BCUT2D eigenvalue weighted by Gasteiger charge is -2.32. The van der Waals surface area contributed by atoms with Crippen LogP contribution in [0.3, 0.4) is 0 Å². The van der Waals surface area contributed by atoms with Crippen molar-refractivity contribution in [3.8, 4) is 0 Å². The Morgan fingerprint density at radius 2 is 1.90 bits per heavy atom. The zero-order valence-corrected chi connectivity index (χ0v) is 13.4. The van der Waals surface area contributed by atoms with Gasteiger partial charge in [0.1, 0.15) is 0 Å². The Kier molecular flexibility index (Phi) is 4.08. The Labute approximate surface area is 127 Å². The lowest BCUT2D eigenvalue weighted by molar-refractivity contribution is -0.139. The molecule has 118 valence electrons. The largest absolute Gasteiger partial charge is 0.305 e. The van der Waals surface area contributed by atoms with Crippen LogP contribution in [0.4, 0.5) is 0 Å². The first-order chi connectivity index (χ1) is 10.0. The molecule has 0 radical (unpaired) electrons. The Balaban J connectivity index is 1.59. The summed E-state index contributed by atoms with van der Waals surface area (Å²) >= 11 is 0. The molecule has 1 heterocycles. The van der Waals surface area contributed by atoms with E-state index in [9.17, 15) is 9.59 Å². The molecule has 3 aliphatic rings. The van der Waals surface area contributed by atoms with Crippen molar-refractivity contribution in [2.45, 2.75) is 77.3 Å². The van der Waals surface area contributed by atoms with Crippen molar-refractivity contribution in [2.24, 2.45) is 11.3 Å². The highest BCUT2D eigenvalue weighted by molar-refractivity contribution is 6.06. The highest BCUT2D eigenvalue weighted by Gasteiger charge is 2.46. The molecule has 3 rings (SSSR count). The number of amides is 2. The van der Waals surface area contributed by atoms with Gasteiger partial charge >= 0.3 is 0 Å². The van der Waals surface area contributed by atoms with Crippen LogP contribution >= 0.6 is 0 Å². The molecule has 2 amide bonds. The van der Waals surface area contributed by atoms with Gasteiger partial charge in [-0.1, -0.05) is 26.7 Å². The van der Waals surface area contributed by atoms with Gasteiger partial charge in [0.15, 0.2) is 0 Å². The number of nitrogens with zero attached hydrogens (tertiary/aromatic N) is 1. The number of carbonyl (C=O) groups is 2. The van der Waals surface area contributed by atoms with Crippen LogP contribution in [0.15, 0.2) is 0 Å². The predicted molar refractivity (Wildman–Crippen MR) is 81.6 cm³/mol. The number of carbonyl (C=O) groups excluding carboxylic acids is 2. The third-order valence-corrected chi connectivity index (χ3v) is 5.32. The van der Waals surface area contributed by atoms with Crippen molar-refractivity contribution in [1.29, 1.82) is 0 Å². The van der Waals surface area contributed by atoms with E-state index in [0.29, 0.717) is 17.8 Å². The molecular formula is C17H28N2O2. The molecule has 0 aromatic rings. The second-order valence-corrected chi connectivity index (χ2v) is 7.78. The molecule has 0 aromatic carbocycles. The molecule has 1 saturated heterocycles. The summed E-state index contributed by atoms with van der Waals surface area (Å²) in [6.45, 7) is 5.45. The minimum atomic E-state index is -0.261. The summed E-state index contributed by atoms with van der Waals surface area (Å²) in [6, 6.07) is -0.0457. The molecule has 21 heavy (non-hydrogen) atoms. The number of hydrogen-bond donors (Lipinski definition) is 1. The van der Waals surface area contributed by atoms with Gasteiger partial charge in [-0.3, -0.25) is 14.5 Å². The smallest absolute Gasteiger partial charge is 0.247 e. The van der Waals surface area contributed by atoms with Gasteiger partial charge in [0.05, 0.1) is 12.5 Å². The van der Waals surface area contributed by atoms with Crippen LogP contribution in [0.5, 0.6) is 0 Å². The lowest BCUT2D eigenvalue weighted by Crippen LogP contribution is -2.44. The first-order valence-electron chi connectivity index (χ1n) is 8.60. The van der Waals surface area contributed by atoms with Crippen LogP contribution in [0.1, 0.15) is 65.2 Å². The normalized spacial score (nSPS) is 28.9. The molecule has 1 N–H and O–H groups in total. The average Bonchev–Trinajstić information content (AvgIpc) is 3.06. The molecule has 1 atom stereocenters. The fraction of sp³-hybridized carbons (Fsp3) is 0.882. The van der Waals surface area contributed by atoms with Crippen LogP contribution in [0.25, 0.3) is 0 Å². The number of hydrogen-bond acceptors (Lipinski definition) is 3. The summed E-state index contributed by atoms with van der Waals surface area (Å²) in [6.07, 6.45) is 8.73. The Bertz CT molecular complexity index is 423. The first-order valence-corrected chi connectivity index (χ1v) is 8.60. The number of likely N-dealkylation sites (tertiary alicyclic amines) is 1. The fourth-order valence-electron chi connectivity index (χ4n) is 4.31. The van der Waals surface area contributed by atoms with Crippen molar-refractivity contribution in [1.82, 2.24) is 10.2 Å². The van der Waals surface area contributed by atoms with E-state index in [-0.39, 0.29) is 23.9 Å². The van der Waals surface area contributed by atoms with Crippen molar-refractivity contribution >= 4 is 11.8 Å². The van der Waals surface area contributed by atoms with Gasteiger partial charge in [-0.05, 0) is 43.4 Å². The summed E-state index contributed by atoms with van der Waals surface area (Å²) in [5, 5.41) is 3.45. The van der Waals surface area contributed by atoms with Gasteiger partial charge < -0.3 is 5.32 Å². The molecule has 0 bridgehead atoms. The molecule has 1 aliphatic heterocycles. The Morgan fingerprint density at radius 1 is 1.24 bits per heavy atom. The van der Waals surface area contributed by atoms with E-state index >= 15 is 0 Å². The second-order valence-electron chi connectivity index (χ2n) is 7.78. The highest BCUT2D eigenvalue weighted by atomic mass is 16.2. The van der Waals surface area contributed by atoms with Gasteiger partial charge in [0, 0.05) is 12.6 Å². The maximum atomic E-state index is 12.4. The molecular weight excluding hydrogens is 264 g/mol. The summed E-state index contributed by atoms with van der Waals surface area (Å²) in [4.78, 5) is 25.9. The quantitative estimate of drug-likeness (QED) is 0.765. The molecule has 0 spiro atoms. The highest BCUT2D eigenvalue weighted by Crippen LogP contribution is 2.43. The van der Waals surface area contributed by atoms with Crippen LogP contribution in [0.2, 0.25) is 0 Å². The molecule has 1 unspecified atom stereocenters. The van der Waals surface area contributed by atoms with Crippen molar-refractivity contribution in [3.63, 3.8) is 0 Å². The predicted octanol–water partition coefficient (Wildman–Crippen LogP) is 2.47. The Morgan fingerprint density at radius 3 is 2.48 bits per heavy atom. The summed E-state index contributed by atoms with van der Waals surface area (Å²) in [7, 11) is 0. The number of rotatable bonds is 6. The van der Waals surface area contributed by atoms with Gasteiger partial charge in [0.2, 0.25) is 11.8 Å². The summed E-state index contributed by atoms with van der Waals surface area (Å²) in [5.41, 5.74) is 0.352. The fourth-order valence-corrected chi connectivity index (χ4v) is 4.31. The monoisotopic (exact) mass is 292 g/mol. The van der Waals surface area contributed by atoms with E-state index in [0.717, 1.165) is 19.4 Å². The maximum absolute atomic E-state index is 12.4. The van der Waals surface area contributed by atoms with Crippen LogP contribution in [-0.2, 0) is 9.59 Å². The van der Waals surface area contributed by atoms with Crippen LogP contribution in [0, 0.1) is 11.3 Å². The standard InChI is InChI=1S/C17H28N2O2/c1-12(2)10-17(7-3-4-8-17)11-18-14-9-15(20)19(16(14)21)13-5-6-13/h12-14,18H,3-11H2,1-2H3. The van der Waals surface area contributed by atoms with Gasteiger partial charge in [0.25, 0.3) is 0 Å². The van der Waals surface area contributed by atoms with Crippen molar-refractivity contribution in [3.05, 3.63) is 0 Å². The van der Waals surface area contributed by atoms with Crippen LogP contribution < -0.4 is 5.32 Å². The Hall–Kier alpha value is -0.900. The van der Waals surface area contributed by atoms with E-state index in [1.807, 2.05) is 0 Å². The van der Waals surface area contributed by atoms with Gasteiger partial charge in [-0.25, -0.2) is 0 Å². The van der Waals surface area contributed by atoms with E-state index in [4.69, 9.17) is 0 Å². The third kappa shape index (κ3) is 3.15. The molecule has 3 fully saturated rings. The summed E-state index contributed by atoms with van der Waals surface area (Å²) in [5.74, 6) is 0.748. The molecule has 2 aliphatic carbocycles. The minimum absolute atomic E-state index is 0.0280. The van der Waals surface area contributed by atoms with Crippen molar-refractivity contribution < 1.29 is 9.59 Å². The van der Waals surface area contributed by atoms with E-state index in [2.05, 4.69) is 19.2 Å². The second kappa shape index (κ2) is 5.71. The first kappa shape index (κ1) is 15.0. The van der Waals surface area contributed by atoms with Crippen molar-refractivity contribution in [2.75, 3.05) is 6.54 Å². The van der Waals surface area contributed by atoms with Crippen LogP contribution in [-0.4, -0.2) is 35.3 Å².